The van der Waals surface area contributed by atoms with Crippen LogP contribution in [0.1, 0.15) is 16.7 Å². The molecule has 0 aliphatic carbocycles. The number of benzene rings is 3. The maximum absolute atomic E-state index is 13.4. The Morgan fingerprint density at radius 2 is 1.83 bits per heavy atom. The molecular weight excluding hydrogens is 494 g/mol. The van der Waals surface area contributed by atoms with Crippen LogP contribution in [0.15, 0.2) is 60.2 Å². The molecule has 0 heterocycles. The van der Waals surface area contributed by atoms with Crippen LogP contribution in [0.25, 0.3) is 6.08 Å². The fraction of sp³-hybridized carbons (Fsp3) is 0.154. The number of halogens is 3. The summed E-state index contributed by atoms with van der Waals surface area (Å²) in [5.41, 5.74) is 1.62. The van der Waals surface area contributed by atoms with Crippen LogP contribution >= 0.6 is 23.2 Å². The fourth-order valence-electron chi connectivity index (χ4n) is 3.17. The third kappa shape index (κ3) is 6.89. The SMILES string of the molecule is COc1ccc(CNC(=O)/C(C#N)=C/c2cc(Cl)c(OCc3cccc(F)c3)c(Cl)c2)c(OC)c1. The number of hydrogen-bond donors (Lipinski definition) is 1. The van der Waals surface area contributed by atoms with Crippen LogP contribution in [0.2, 0.25) is 10.0 Å². The largest absolute Gasteiger partial charge is 0.497 e. The van der Waals surface area contributed by atoms with Crippen molar-refractivity contribution in [3.8, 4) is 23.3 Å². The maximum atomic E-state index is 13.4. The Morgan fingerprint density at radius 3 is 2.46 bits per heavy atom. The van der Waals surface area contributed by atoms with Crippen molar-refractivity contribution in [1.29, 1.82) is 5.26 Å². The molecule has 1 amide bonds. The molecule has 3 rings (SSSR count). The molecule has 0 saturated carbocycles. The van der Waals surface area contributed by atoms with Crippen LogP contribution in [0, 0.1) is 17.1 Å². The smallest absolute Gasteiger partial charge is 0.262 e. The van der Waals surface area contributed by atoms with Gasteiger partial charge in [0.15, 0.2) is 5.75 Å². The number of amides is 1. The van der Waals surface area contributed by atoms with Gasteiger partial charge >= 0.3 is 0 Å². The lowest BCUT2D eigenvalue weighted by Crippen LogP contribution is -2.24. The summed E-state index contributed by atoms with van der Waals surface area (Å²) in [6, 6.07) is 16.1. The Balaban J connectivity index is 1.72. The standard InChI is InChI=1S/C26H21Cl2FN2O4/c1-33-21-7-6-18(24(12-21)34-2)14-31-26(32)19(13-30)8-17-10-22(27)25(23(28)11-17)35-15-16-4-3-5-20(29)9-16/h3-12H,14-15H2,1-2H3,(H,31,32)/b19-8+. The Labute approximate surface area is 212 Å². The highest BCUT2D eigenvalue weighted by Gasteiger charge is 2.14. The Hall–Kier alpha value is -3.73. The van der Waals surface area contributed by atoms with E-state index >= 15 is 0 Å². The second-order valence-corrected chi connectivity index (χ2v) is 8.08. The van der Waals surface area contributed by atoms with Crippen molar-refractivity contribution < 1.29 is 23.4 Å². The lowest BCUT2D eigenvalue weighted by Gasteiger charge is -2.12. The molecule has 9 heteroatoms. The number of nitrogens with zero attached hydrogens (tertiary/aromatic N) is 1. The first-order valence-electron chi connectivity index (χ1n) is 10.3. The lowest BCUT2D eigenvalue weighted by molar-refractivity contribution is -0.117. The molecule has 0 aliphatic rings. The number of methoxy groups -OCH3 is 2. The normalized spacial score (nSPS) is 10.9. The van der Waals surface area contributed by atoms with E-state index in [0.29, 0.717) is 28.2 Å². The molecule has 0 saturated heterocycles. The fourth-order valence-corrected chi connectivity index (χ4v) is 3.78. The average Bonchev–Trinajstić information content (AvgIpc) is 2.85. The van der Waals surface area contributed by atoms with Crippen molar-refractivity contribution in [3.05, 3.63) is 92.7 Å². The highest BCUT2D eigenvalue weighted by Crippen LogP contribution is 2.35. The van der Waals surface area contributed by atoms with Crippen molar-refractivity contribution in [1.82, 2.24) is 5.32 Å². The van der Waals surface area contributed by atoms with E-state index in [4.69, 9.17) is 37.4 Å². The van der Waals surface area contributed by atoms with Gasteiger partial charge in [0.2, 0.25) is 0 Å². The lowest BCUT2D eigenvalue weighted by atomic mass is 10.1. The van der Waals surface area contributed by atoms with Gasteiger partial charge in [0, 0.05) is 18.2 Å². The van der Waals surface area contributed by atoms with Gasteiger partial charge in [-0.1, -0.05) is 35.3 Å². The maximum Gasteiger partial charge on any atom is 0.262 e. The summed E-state index contributed by atoms with van der Waals surface area (Å²) in [6.45, 7) is 0.201. The van der Waals surface area contributed by atoms with Crippen molar-refractivity contribution in [3.63, 3.8) is 0 Å². The second kappa shape index (κ2) is 12.1. The monoisotopic (exact) mass is 514 g/mol. The number of hydrogen-bond acceptors (Lipinski definition) is 5. The second-order valence-electron chi connectivity index (χ2n) is 7.26. The molecule has 3 aromatic rings. The topological polar surface area (TPSA) is 80.6 Å². The van der Waals surface area contributed by atoms with E-state index in [0.717, 1.165) is 0 Å². The van der Waals surface area contributed by atoms with Crippen molar-refractivity contribution in [2.24, 2.45) is 0 Å². The highest BCUT2D eigenvalue weighted by atomic mass is 35.5. The summed E-state index contributed by atoms with van der Waals surface area (Å²) in [4.78, 5) is 12.6. The van der Waals surface area contributed by atoms with Gasteiger partial charge in [0.05, 0.1) is 24.3 Å². The van der Waals surface area contributed by atoms with Crippen molar-refractivity contribution in [2.45, 2.75) is 13.2 Å². The molecule has 180 valence electrons. The van der Waals surface area contributed by atoms with Gasteiger partial charge in [-0.2, -0.15) is 5.26 Å². The zero-order chi connectivity index (χ0) is 25.4. The summed E-state index contributed by atoms with van der Waals surface area (Å²) in [5, 5.41) is 12.6. The number of carbonyl (C=O) groups excluding carboxylic acids is 1. The summed E-state index contributed by atoms with van der Waals surface area (Å²) < 4.78 is 29.5. The minimum Gasteiger partial charge on any atom is -0.497 e. The Morgan fingerprint density at radius 1 is 1.09 bits per heavy atom. The molecule has 1 N–H and O–H groups in total. The van der Waals surface area contributed by atoms with Crippen LogP contribution in [0.4, 0.5) is 4.39 Å². The van der Waals surface area contributed by atoms with Crippen LogP contribution in [0.5, 0.6) is 17.2 Å². The molecule has 0 unspecified atom stereocenters. The van der Waals surface area contributed by atoms with Crippen LogP contribution in [-0.2, 0) is 17.9 Å². The first-order chi connectivity index (χ1) is 16.8. The van der Waals surface area contributed by atoms with E-state index in [-0.39, 0.29) is 40.3 Å². The number of nitrogens with one attached hydrogen (secondary N) is 1. The average molecular weight is 515 g/mol. The van der Waals surface area contributed by atoms with Crippen LogP contribution in [0.3, 0.4) is 0 Å². The number of rotatable bonds is 9. The molecule has 0 aliphatic heterocycles. The van der Waals surface area contributed by atoms with Gasteiger partial charge in [-0.05, 0) is 53.6 Å². The molecule has 0 aromatic heterocycles. The van der Waals surface area contributed by atoms with Gasteiger partial charge in [-0.15, -0.1) is 0 Å². The van der Waals surface area contributed by atoms with Gasteiger partial charge in [-0.3, -0.25) is 4.79 Å². The molecule has 35 heavy (non-hydrogen) atoms. The molecule has 3 aromatic carbocycles. The third-order valence-electron chi connectivity index (χ3n) is 4.90. The highest BCUT2D eigenvalue weighted by molar-refractivity contribution is 6.37. The predicted molar refractivity (Wildman–Crippen MR) is 132 cm³/mol. The summed E-state index contributed by atoms with van der Waals surface area (Å²) in [6.07, 6.45) is 1.37. The molecule has 6 nitrogen and oxygen atoms in total. The minimum atomic E-state index is -0.580. The molecule has 0 spiro atoms. The zero-order valence-electron chi connectivity index (χ0n) is 18.9. The zero-order valence-corrected chi connectivity index (χ0v) is 20.4. The summed E-state index contributed by atoms with van der Waals surface area (Å²) in [7, 11) is 3.06. The molecule has 0 radical (unpaired) electrons. The van der Waals surface area contributed by atoms with Gasteiger partial charge < -0.3 is 19.5 Å². The first-order valence-corrected chi connectivity index (χ1v) is 11.1. The number of carbonyl (C=O) groups is 1. The van der Waals surface area contributed by atoms with E-state index in [9.17, 15) is 14.4 Å². The van der Waals surface area contributed by atoms with Crippen LogP contribution < -0.4 is 19.5 Å². The summed E-state index contributed by atoms with van der Waals surface area (Å²) >= 11 is 12.6. The van der Waals surface area contributed by atoms with E-state index in [1.165, 1.54) is 37.5 Å². The molecule has 0 fully saturated rings. The minimum absolute atomic E-state index is 0.0626. The molecule has 0 atom stereocenters. The molecular formula is C26H21Cl2FN2O4. The van der Waals surface area contributed by atoms with Crippen molar-refractivity contribution >= 4 is 35.2 Å². The van der Waals surface area contributed by atoms with E-state index in [2.05, 4.69) is 5.32 Å². The van der Waals surface area contributed by atoms with E-state index in [1.54, 1.807) is 37.4 Å². The molecule has 0 bridgehead atoms. The van der Waals surface area contributed by atoms with E-state index in [1.807, 2.05) is 6.07 Å². The van der Waals surface area contributed by atoms with Crippen molar-refractivity contribution in [2.75, 3.05) is 14.2 Å². The predicted octanol–water partition coefficient (Wildman–Crippen LogP) is 5.95. The Kier molecular flexibility index (Phi) is 8.96. The van der Waals surface area contributed by atoms with E-state index < -0.39 is 5.91 Å². The first kappa shape index (κ1) is 25.9. The number of nitriles is 1. The number of ether oxygens (including phenoxy) is 3. The van der Waals surface area contributed by atoms with Gasteiger partial charge in [-0.25, -0.2) is 4.39 Å². The van der Waals surface area contributed by atoms with Gasteiger partial charge in [0.25, 0.3) is 5.91 Å². The summed E-state index contributed by atoms with van der Waals surface area (Å²) in [5.74, 6) is 0.413. The quantitative estimate of drug-likeness (QED) is 0.281. The van der Waals surface area contributed by atoms with Gasteiger partial charge in [0.1, 0.15) is 35.6 Å². The Bertz CT molecular complexity index is 1280. The van der Waals surface area contributed by atoms with Crippen LogP contribution in [-0.4, -0.2) is 20.1 Å². The third-order valence-corrected chi connectivity index (χ3v) is 5.46.